The number of unbranched alkanes of at least 4 members (excludes halogenated alkanes) is 2. The molecule has 4 aromatic carbocycles. The summed E-state index contributed by atoms with van der Waals surface area (Å²) >= 11 is 0. The number of carboxylic acid groups (broad SMARTS) is 1. The average Bonchev–Trinajstić information content (AvgIpc) is 1.69. The van der Waals surface area contributed by atoms with Crippen LogP contribution in [0.1, 0.15) is 150 Å². The number of nitrogens with zero attached hydrogens (tertiary/aromatic N) is 8. The van der Waals surface area contributed by atoms with Gasteiger partial charge in [-0.3, -0.25) is 33.8 Å². The Bertz CT molecular complexity index is 4080. The molecule has 0 aromatic heterocycles. The Labute approximate surface area is 619 Å². The molecule has 4 aromatic rings. The Morgan fingerprint density at radius 3 is 0.886 bits per heavy atom. The number of aliphatic carboxylic acids is 1. The highest BCUT2D eigenvalue weighted by Crippen LogP contribution is 2.43. The molecule has 8 saturated heterocycles. The lowest BCUT2D eigenvalue weighted by molar-refractivity contribution is -0.147. The maximum atomic E-state index is 13.2. The van der Waals surface area contributed by atoms with Crippen LogP contribution in [0.3, 0.4) is 0 Å². The predicted molar refractivity (Wildman–Crippen MR) is 389 cm³/mol. The maximum Gasteiger partial charge on any atom is 0.320 e. The summed E-state index contributed by atoms with van der Waals surface area (Å²) in [6.07, 6.45) is 9.34. The molecule has 0 amide bonds. The minimum atomic E-state index is -3.77. The second-order valence-corrected chi connectivity index (χ2v) is 35.0. The van der Waals surface area contributed by atoms with Crippen LogP contribution in [0, 0.1) is 0 Å². The van der Waals surface area contributed by atoms with Crippen molar-refractivity contribution in [3.05, 3.63) is 114 Å². The third-order valence-electron chi connectivity index (χ3n) is 20.9. The normalized spacial score (nSPS) is 21.1. The van der Waals surface area contributed by atoms with Crippen molar-refractivity contribution in [3.63, 3.8) is 0 Å². The van der Waals surface area contributed by atoms with Crippen LogP contribution in [-0.4, -0.2) is 273 Å². The van der Waals surface area contributed by atoms with Crippen LogP contribution < -0.4 is 4.74 Å². The van der Waals surface area contributed by atoms with E-state index >= 15 is 0 Å². The third-order valence-corrected chi connectivity index (χ3v) is 28.7. The van der Waals surface area contributed by atoms with Gasteiger partial charge in [0.2, 0.25) is 40.1 Å². The Hall–Kier alpha value is -6.05. The molecule has 580 valence electrons. The van der Waals surface area contributed by atoms with Gasteiger partial charge < -0.3 is 43.3 Å². The van der Waals surface area contributed by atoms with E-state index in [1.807, 2.05) is 4.90 Å². The molecule has 8 fully saturated rings. The Morgan fingerprint density at radius 2 is 0.648 bits per heavy atom. The fraction of sp³-hybridized carbons (Fsp3) is 0.603. The lowest BCUT2D eigenvalue weighted by atomic mass is 10.0. The van der Waals surface area contributed by atoms with Crippen molar-refractivity contribution in [3.8, 4) is 5.75 Å². The van der Waals surface area contributed by atoms with E-state index < -0.39 is 69.0 Å². The summed E-state index contributed by atoms with van der Waals surface area (Å²) < 4.78 is 145. The van der Waals surface area contributed by atoms with Gasteiger partial charge >= 0.3 is 11.9 Å². The molecule has 0 bridgehead atoms. The zero-order chi connectivity index (χ0) is 76.0. The van der Waals surface area contributed by atoms with Crippen molar-refractivity contribution in [1.29, 1.82) is 0 Å². The molecule has 8 heterocycles. The Kier molecular flexibility index (Phi) is 28.4. The fourth-order valence-corrected chi connectivity index (χ4v) is 21.8. The molecule has 0 saturated carbocycles. The molecule has 105 heavy (non-hydrogen) atoms. The van der Waals surface area contributed by atoms with Gasteiger partial charge in [0.05, 0.1) is 72.8 Å². The van der Waals surface area contributed by atoms with Crippen molar-refractivity contribution >= 4 is 69.4 Å². The summed E-state index contributed by atoms with van der Waals surface area (Å²) in [6.45, 7) is 21.5. The van der Waals surface area contributed by atoms with Gasteiger partial charge in [0, 0.05) is 147 Å². The first kappa shape index (κ1) is 83.0. The van der Waals surface area contributed by atoms with Crippen LogP contribution in [0.5, 0.6) is 5.75 Å². The largest absolute Gasteiger partial charge is 0.497 e. The standard InChI is InChI=1S/C19H26N2O6S.C19H28N2O4S.C18H28N2O4S.C17H22N2O6S/c1-3-26-18(23)14-20-10-8-19(9-11-20)21(12-13-27-19)28(24,25)17-6-4-16(5-7-17)15(2)22;1-3-4-11-20-12-9-19(10-13-20)21(14-15-25-19)26(23,24)18-7-5-17(6-8-18)16(2)22;1-3-4-11-19-12-9-18(10-13-19)20(14-15-24-18)25(21,22)17-7-5-16(23-2)6-8-17;1-13(20)14-2-4-15(5-3-14)26(23,24)19-10-11-25-17(19)6-8-18(9-7-17)12-16(21)22/h4-7H,3,8-14H2,1-2H3;5-8H,3-4,9-15H2,1-2H3;5-8H,3-4,9-15H2,1-2H3;2-5H,6-12H2,1H3,(H,21,22). The highest BCUT2D eigenvalue weighted by Gasteiger charge is 2.54. The van der Waals surface area contributed by atoms with Gasteiger partial charge in [0.25, 0.3) is 0 Å². The summed E-state index contributed by atoms with van der Waals surface area (Å²) in [5.74, 6) is -0.839. The molecule has 0 atom stereocenters. The number of benzene rings is 4. The highest BCUT2D eigenvalue weighted by molar-refractivity contribution is 7.90. The molecule has 8 aliphatic rings. The van der Waals surface area contributed by atoms with E-state index in [2.05, 4.69) is 23.6 Å². The second kappa shape index (κ2) is 36.0. The Balaban J connectivity index is 0.000000162. The number of hydrogen-bond acceptors (Lipinski definition) is 23. The number of carbonyl (C=O) groups is 5. The number of methoxy groups -OCH3 is 1. The van der Waals surface area contributed by atoms with Crippen molar-refractivity contribution < 1.29 is 91.2 Å². The van der Waals surface area contributed by atoms with E-state index in [0.29, 0.717) is 138 Å². The molecule has 4 spiro atoms. The summed E-state index contributed by atoms with van der Waals surface area (Å²) in [5, 5.41) is 8.91. The number of likely N-dealkylation sites (tertiary alicyclic amines) is 4. The number of ether oxygens (including phenoxy) is 6. The molecule has 28 nitrogen and oxygen atoms in total. The monoisotopic (exact) mass is 1540 g/mol. The fourth-order valence-electron chi connectivity index (χ4n) is 14.9. The lowest BCUT2D eigenvalue weighted by Crippen LogP contribution is -2.55. The quantitative estimate of drug-likeness (QED) is 0.0585. The molecular weight excluding hydrogens is 1440 g/mol. The van der Waals surface area contributed by atoms with Gasteiger partial charge in [-0.05, 0) is 114 Å². The van der Waals surface area contributed by atoms with Gasteiger partial charge in [-0.2, -0.15) is 17.2 Å². The number of piperidine rings is 4. The second-order valence-electron chi connectivity index (χ2n) is 27.5. The molecule has 0 aliphatic carbocycles. The van der Waals surface area contributed by atoms with Crippen molar-refractivity contribution in [1.82, 2.24) is 36.8 Å². The van der Waals surface area contributed by atoms with Crippen LogP contribution in [0.15, 0.2) is 117 Å². The predicted octanol–water partition coefficient (Wildman–Crippen LogP) is 6.86. The molecule has 32 heteroatoms. The molecular formula is C73H104N8O20S4. The topological polar surface area (TPSA) is 323 Å². The first-order valence-electron chi connectivity index (χ1n) is 36.3. The third kappa shape index (κ3) is 19.5. The smallest absolute Gasteiger partial charge is 0.320 e. The number of ketones is 3. The molecule has 12 rings (SSSR count). The summed E-state index contributed by atoms with van der Waals surface area (Å²) in [7, 11) is -13.2. The van der Waals surface area contributed by atoms with Crippen LogP contribution >= 0.6 is 0 Å². The minimum Gasteiger partial charge on any atom is -0.497 e. The Morgan fingerprint density at radius 1 is 0.390 bits per heavy atom. The van der Waals surface area contributed by atoms with Crippen molar-refractivity contribution in [2.24, 2.45) is 0 Å². The zero-order valence-electron chi connectivity index (χ0n) is 61.5. The van der Waals surface area contributed by atoms with E-state index in [0.717, 1.165) is 58.5 Å². The minimum absolute atomic E-state index is 0.0602. The number of esters is 1. The van der Waals surface area contributed by atoms with Crippen LogP contribution in [-0.2, 0) is 73.4 Å². The first-order valence-corrected chi connectivity index (χ1v) is 42.1. The van der Waals surface area contributed by atoms with E-state index in [1.165, 1.54) is 109 Å². The average molecular weight is 1540 g/mol. The molecule has 1 N–H and O–H groups in total. The van der Waals surface area contributed by atoms with Crippen molar-refractivity contribution in [2.75, 3.05) is 145 Å². The highest BCUT2D eigenvalue weighted by atomic mass is 32.2. The molecule has 0 unspecified atom stereocenters. The summed E-state index contributed by atoms with van der Waals surface area (Å²) in [6, 6.07) is 24.7. The SMILES string of the molecule is CC(=O)c1ccc(S(=O)(=O)N2CCOC23CCN(CC(=O)O)CC3)cc1.CCCCN1CCC2(CC1)OCCN2S(=O)(=O)c1ccc(C(C)=O)cc1.CCCCN1CCC2(CC1)OCCN2S(=O)(=O)c1ccc(OC)cc1.CCOC(=O)CN1CCC2(CC1)OCCN2S(=O)(=O)c1ccc(C(C)=O)cc1. The number of sulfonamides is 4. The number of carbonyl (C=O) groups excluding carboxylic acids is 4. The van der Waals surface area contributed by atoms with Crippen LogP contribution in [0.4, 0.5) is 0 Å². The summed E-state index contributed by atoms with van der Waals surface area (Å²) in [5.41, 5.74) is -1.77. The van der Waals surface area contributed by atoms with Gasteiger partial charge in [-0.15, -0.1) is 0 Å². The summed E-state index contributed by atoms with van der Waals surface area (Å²) in [4.78, 5) is 66.1. The number of Topliss-reactive ketones (excluding diaryl/α,β-unsaturated/α-hetero) is 3. The van der Waals surface area contributed by atoms with E-state index in [4.69, 9.17) is 33.5 Å². The van der Waals surface area contributed by atoms with E-state index in [-0.39, 0.29) is 64.2 Å². The maximum absolute atomic E-state index is 13.2. The van der Waals surface area contributed by atoms with Gasteiger partial charge in [-0.1, -0.05) is 63.1 Å². The van der Waals surface area contributed by atoms with Crippen molar-refractivity contribution in [2.45, 2.75) is 161 Å². The molecule has 8 aliphatic heterocycles. The van der Waals surface area contributed by atoms with E-state index in [9.17, 15) is 57.6 Å². The van der Waals surface area contributed by atoms with Gasteiger partial charge in [0.15, 0.2) is 17.3 Å². The number of rotatable bonds is 23. The zero-order valence-corrected chi connectivity index (χ0v) is 64.8. The van der Waals surface area contributed by atoms with Crippen LogP contribution in [0.25, 0.3) is 0 Å². The van der Waals surface area contributed by atoms with Gasteiger partial charge in [0.1, 0.15) is 28.6 Å². The van der Waals surface area contributed by atoms with E-state index in [1.54, 1.807) is 63.9 Å². The number of hydrogen-bond donors (Lipinski definition) is 1. The molecule has 0 radical (unpaired) electrons. The number of carboxylic acids is 1. The van der Waals surface area contributed by atoms with Crippen LogP contribution in [0.2, 0.25) is 0 Å². The van der Waals surface area contributed by atoms with Gasteiger partial charge in [-0.25, -0.2) is 33.7 Å². The first-order chi connectivity index (χ1) is 49.9. The lowest BCUT2D eigenvalue weighted by Gasteiger charge is -2.42.